The molecule has 0 unspecified atom stereocenters. The maximum absolute atomic E-state index is 12.3. The number of benzene rings is 2. The summed E-state index contributed by atoms with van der Waals surface area (Å²) in [7, 11) is 0. The SMILES string of the molecule is CCn1c(SCC(=O)Nc2cc([N+](=O)[O-])ccc2Cl)nnc1-c1ccc(Cl)cc1Cl. The van der Waals surface area contributed by atoms with Gasteiger partial charge in [-0.1, -0.05) is 46.6 Å². The van der Waals surface area contributed by atoms with Crippen molar-refractivity contribution in [3.05, 3.63) is 61.6 Å². The van der Waals surface area contributed by atoms with Crippen molar-refractivity contribution in [3.8, 4) is 11.4 Å². The number of non-ortho nitro benzene ring substituents is 1. The Hall–Kier alpha value is -2.33. The molecule has 30 heavy (non-hydrogen) atoms. The highest BCUT2D eigenvalue weighted by atomic mass is 35.5. The van der Waals surface area contributed by atoms with Crippen LogP contribution in [0, 0.1) is 10.1 Å². The first kappa shape index (κ1) is 22.4. The largest absolute Gasteiger partial charge is 0.324 e. The van der Waals surface area contributed by atoms with Crippen LogP contribution in [0.4, 0.5) is 11.4 Å². The predicted molar refractivity (Wildman–Crippen MR) is 119 cm³/mol. The Labute approximate surface area is 190 Å². The topological polar surface area (TPSA) is 103 Å². The third-order valence-electron chi connectivity index (χ3n) is 3.97. The molecule has 3 rings (SSSR count). The van der Waals surface area contributed by atoms with Crippen LogP contribution < -0.4 is 5.32 Å². The van der Waals surface area contributed by atoms with Gasteiger partial charge in [0.1, 0.15) is 0 Å². The van der Waals surface area contributed by atoms with E-state index >= 15 is 0 Å². The molecular formula is C18H14Cl3N5O3S. The summed E-state index contributed by atoms with van der Waals surface area (Å²) in [6.45, 7) is 2.48. The highest BCUT2D eigenvalue weighted by Gasteiger charge is 2.18. The molecule has 1 amide bonds. The summed E-state index contributed by atoms with van der Waals surface area (Å²) >= 11 is 19.4. The smallest absolute Gasteiger partial charge is 0.271 e. The number of carbonyl (C=O) groups excluding carboxylic acids is 1. The van der Waals surface area contributed by atoms with Gasteiger partial charge in [-0.3, -0.25) is 14.9 Å². The lowest BCUT2D eigenvalue weighted by Crippen LogP contribution is -2.15. The van der Waals surface area contributed by atoms with Gasteiger partial charge >= 0.3 is 0 Å². The molecule has 8 nitrogen and oxygen atoms in total. The zero-order chi connectivity index (χ0) is 21.8. The molecule has 0 fully saturated rings. The van der Waals surface area contributed by atoms with Crippen molar-refractivity contribution in [3.63, 3.8) is 0 Å². The molecule has 1 aromatic heterocycles. The number of nitro benzene ring substituents is 1. The molecule has 0 saturated carbocycles. The van der Waals surface area contributed by atoms with Crippen molar-refractivity contribution >= 4 is 63.8 Å². The number of amides is 1. The third kappa shape index (κ3) is 5.04. The summed E-state index contributed by atoms with van der Waals surface area (Å²) < 4.78 is 1.83. The van der Waals surface area contributed by atoms with E-state index in [2.05, 4.69) is 15.5 Å². The Balaban J connectivity index is 1.73. The minimum atomic E-state index is -0.562. The van der Waals surface area contributed by atoms with Gasteiger partial charge in [0.15, 0.2) is 11.0 Å². The van der Waals surface area contributed by atoms with E-state index in [4.69, 9.17) is 34.8 Å². The van der Waals surface area contributed by atoms with Crippen LogP contribution in [0.15, 0.2) is 41.6 Å². The number of nitrogens with zero attached hydrogens (tertiary/aromatic N) is 4. The van der Waals surface area contributed by atoms with E-state index in [9.17, 15) is 14.9 Å². The van der Waals surface area contributed by atoms with Crippen molar-refractivity contribution in [2.45, 2.75) is 18.6 Å². The van der Waals surface area contributed by atoms with Gasteiger partial charge in [-0.2, -0.15) is 0 Å². The van der Waals surface area contributed by atoms with Crippen LogP contribution in [0.25, 0.3) is 11.4 Å². The number of hydrogen-bond donors (Lipinski definition) is 1. The third-order valence-corrected chi connectivity index (χ3v) is 5.82. The van der Waals surface area contributed by atoms with Crippen LogP contribution in [-0.2, 0) is 11.3 Å². The highest BCUT2D eigenvalue weighted by molar-refractivity contribution is 7.99. The number of rotatable bonds is 7. The molecule has 3 aromatic rings. The van der Waals surface area contributed by atoms with E-state index in [1.807, 2.05) is 11.5 Å². The Morgan fingerprint density at radius 1 is 1.17 bits per heavy atom. The minimum absolute atomic E-state index is 0.00546. The van der Waals surface area contributed by atoms with Crippen molar-refractivity contribution in [2.75, 3.05) is 11.1 Å². The first-order chi connectivity index (χ1) is 14.3. The van der Waals surface area contributed by atoms with Crippen molar-refractivity contribution in [1.82, 2.24) is 14.8 Å². The number of anilines is 1. The zero-order valence-corrected chi connectivity index (χ0v) is 18.5. The molecule has 12 heteroatoms. The molecule has 1 heterocycles. The van der Waals surface area contributed by atoms with E-state index in [1.165, 1.54) is 30.0 Å². The quantitative estimate of drug-likeness (QED) is 0.266. The average molecular weight is 487 g/mol. The molecule has 0 bridgehead atoms. The Bertz CT molecular complexity index is 1120. The van der Waals surface area contributed by atoms with Crippen molar-refractivity contribution < 1.29 is 9.72 Å². The fourth-order valence-electron chi connectivity index (χ4n) is 2.59. The van der Waals surface area contributed by atoms with E-state index in [-0.39, 0.29) is 28.1 Å². The summed E-state index contributed by atoms with van der Waals surface area (Å²) in [5.41, 5.74) is 0.676. The van der Waals surface area contributed by atoms with E-state index in [0.29, 0.717) is 33.1 Å². The second-order valence-corrected chi connectivity index (χ2v) is 8.13. The molecular weight excluding hydrogens is 473 g/mol. The number of hydrogen-bond acceptors (Lipinski definition) is 6. The van der Waals surface area contributed by atoms with Crippen LogP contribution in [0.5, 0.6) is 0 Å². The molecule has 0 aliphatic rings. The number of nitrogens with one attached hydrogen (secondary N) is 1. The van der Waals surface area contributed by atoms with Gasteiger partial charge in [0.25, 0.3) is 5.69 Å². The molecule has 0 atom stereocenters. The number of carbonyl (C=O) groups is 1. The molecule has 156 valence electrons. The maximum Gasteiger partial charge on any atom is 0.271 e. The van der Waals surface area contributed by atoms with Crippen LogP contribution in [-0.4, -0.2) is 31.3 Å². The van der Waals surface area contributed by atoms with Gasteiger partial charge in [-0.05, 0) is 31.2 Å². The Morgan fingerprint density at radius 2 is 1.93 bits per heavy atom. The molecule has 0 spiro atoms. The molecule has 2 aromatic carbocycles. The van der Waals surface area contributed by atoms with E-state index in [0.717, 1.165) is 0 Å². The summed E-state index contributed by atoms with van der Waals surface area (Å²) in [5, 5.41) is 23.5. The number of nitro groups is 1. The molecule has 0 aliphatic heterocycles. The summed E-state index contributed by atoms with van der Waals surface area (Å²) in [5.74, 6) is 0.175. The molecule has 0 saturated heterocycles. The van der Waals surface area contributed by atoms with Gasteiger partial charge in [0, 0.05) is 29.3 Å². The second-order valence-electron chi connectivity index (χ2n) is 5.93. The minimum Gasteiger partial charge on any atom is -0.324 e. The van der Waals surface area contributed by atoms with Crippen LogP contribution in [0.2, 0.25) is 15.1 Å². The van der Waals surface area contributed by atoms with Crippen LogP contribution >= 0.6 is 46.6 Å². The van der Waals surface area contributed by atoms with Gasteiger partial charge in [0.2, 0.25) is 5.91 Å². The first-order valence-electron chi connectivity index (χ1n) is 8.55. The highest BCUT2D eigenvalue weighted by Crippen LogP contribution is 2.32. The number of halogens is 3. The summed E-state index contributed by atoms with van der Waals surface area (Å²) in [6.07, 6.45) is 0. The van der Waals surface area contributed by atoms with Crippen molar-refractivity contribution in [1.29, 1.82) is 0 Å². The van der Waals surface area contributed by atoms with Gasteiger partial charge in [-0.15, -0.1) is 10.2 Å². The maximum atomic E-state index is 12.3. The Kier molecular flexibility index (Phi) is 7.19. The fraction of sp³-hybridized carbons (Fsp3) is 0.167. The average Bonchev–Trinajstić information content (AvgIpc) is 3.10. The summed E-state index contributed by atoms with van der Waals surface area (Å²) in [4.78, 5) is 22.7. The van der Waals surface area contributed by atoms with E-state index < -0.39 is 4.92 Å². The van der Waals surface area contributed by atoms with Crippen LogP contribution in [0.3, 0.4) is 0 Å². The second kappa shape index (κ2) is 9.65. The zero-order valence-electron chi connectivity index (χ0n) is 15.4. The van der Waals surface area contributed by atoms with Gasteiger partial charge < -0.3 is 9.88 Å². The lowest BCUT2D eigenvalue weighted by Gasteiger charge is -2.09. The number of aromatic nitrogens is 3. The number of thioether (sulfide) groups is 1. The predicted octanol–water partition coefficient (Wildman–Crippen LogP) is 5.56. The lowest BCUT2D eigenvalue weighted by atomic mass is 10.2. The van der Waals surface area contributed by atoms with Crippen molar-refractivity contribution in [2.24, 2.45) is 0 Å². The Morgan fingerprint density at radius 3 is 2.60 bits per heavy atom. The molecule has 0 aliphatic carbocycles. The molecule has 1 N–H and O–H groups in total. The summed E-state index contributed by atoms with van der Waals surface area (Å²) in [6, 6.07) is 8.92. The lowest BCUT2D eigenvalue weighted by molar-refractivity contribution is -0.384. The van der Waals surface area contributed by atoms with Gasteiger partial charge in [0.05, 0.1) is 26.4 Å². The van der Waals surface area contributed by atoms with Crippen LogP contribution in [0.1, 0.15) is 6.92 Å². The standard InChI is InChI=1S/C18H14Cl3N5O3S/c1-2-25-17(12-5-3-10(19)7-14(12)21)23-24-18(25)30-9-16(27)22-15-8-11(26(28)29)4-6-13(15)20/h3-8H,2,9H2,1H3,(H,22,27). The molecule has 0 radical (unpaired) electrons. The van der Waals surface area contributed by atoms with Gasteiger partial charge in [-0.25, -0.2) is 0 Å². The van der Waals surface area contributed by atoms with E-state index in [1.54, 1.807) is 18.2 Å². The monoisotopic (exact) mass is 485 g/mol. The first-order valence-corrected chi connectivity index (χ1v) is 10.7. The normalized spacial score (nSPS) is 10.8. The fourth-order valence-corrected chi connectivity index (χ4v) is 4.05.